The van der Waals surface area contributed by atoms with Gasteiger partial charge >= 0.3 is 0 Å². The fourth-order valence-corrected chi connectivity index (χ4v) is 1.26. The number of ether oxygens (including phenoxy) is 1. The van der Waals surface area contributed by atoms with E-state index in [1.165, 1.54) is 0 Å². The maximum Gasteiger partial charge on any atom is 0.187 e. The molecule has 0 heterocycles. The van der Waals surface area contributed by atoms with Gasteiger partial charge in [-0.1, -0.05) is 29.8 Å². The first-order chi connectivity index (χ1) is 7.01. The Labute approximate surface area is 91.7 Å². The first-order valence-corrected chi connectivity index (χ1v) is 5.11. The molecule has 1 aromatic carbocycles. The number of rotatable bonds is 3. The van der Waals surface area contributed by atoms with E-state index in [4.69, 9.17) is 11.3 Å². The van der Waals surface area contributed by atoms with E-state index in [2.05, 4.69) is 4.85 Å². The van der Waals surface area contributed by atoms with Gasteiger partial charge in [-0.05, 0) is 27.2 Å². The fraction of sp³-hybridized carbons (Fsp3) is 0.462. The average molecular weight is 203 g/mol. The van der Waals surface area contributed by atoms with Crippen molar-refractivity contribution in [3.8, 4) is 0 Å². The number of nitrogens with zero attached hydrogens (tertiary/aromatic N) is 1. The van der Waals surface area contributed by atoms with Crippen LogP contribution in [0.15, 0.2) is 24.3 Å². The summed E-state index contributed by atoms with van der Waals surface area (Å²) in [5, 5.41) is 0. The summed E-state index contributed by atoms with van der Waals surface area (Å²) >= 11 is 0. The minimum Gasteiger partial charge on any atom is -0.376 e. The summed E-state index contributed by atoms with van der Waals surface area (Å²) in [4.78, 5) is 3.40. The van der Waals surface area contributed by atoms with Crippen molar-refractivity contribution in [3.63, 3.8) is 0 Å². The summed E-state index contributed by atoms with van der Waals surface area (Å²) in [6.45, 7) is 13.7. The van der Waals surface area contributed by atoms with Crippen LogP contribution in [0.3, 0.4) is 0 Å². The first kappa shape index (κ1) is 11.7. The van der Waals surface area contributed by atoms with Crippen LogP contribution < -0.4 is 0 Å². The molecule has 80 valence electrons. The molecular weight excluding hydrogens is 186 g/mol. The van der Waals surface area contributed by atoms with E-state index in [1.54, 1.807) is 0 Å². The van der Waals surface area contributed by atoms with Crippen molar-refractivity contribution in [2.24, 2.45) is 0 Å². The third kappa shape index (κ3) is 4.62. The number of hydrogen-bond donors (Lipinski definition) is 0. The van der Waals surface area contributed by atoms with Gasteiger partial charge in [0.25, 0.3) is 0 Å². The molecule has 0 spiro atoms. The van der Waals surface area contributed by atoms with Gasteiger partial charge in [-0.2, -0.15) is 0 Å². The van der Waals surface area contributed by atoms with Crippen molar-refractivity contribution in [1.29, 1.82) is 0 Å². The second-order valence-corrected chi connectivity index (χ2v) is 4.49. The first-order valence-electron chi connectivity index (χ1n) is 5.11. The van der Waals surface area contributed by atoms with E-state index in [-0.39, 0.29) is 5.60 Å². The van der Waals surface area contributed by atoms with Crippen molar-refractivity contribution in [1.82, 2.24) is 0 Å². The molecule has 0 fully saturated rings. The van der Waals surface area contributed by atoms with Crippen molar-refractivity contribution in [3.05, 3.63) is 41.2 Å². The number of benzene rings is 1. The second kappa shape index (κ2) is 4.95. The molecule has 1 aromatic rings. The van der Waals surface area contributed by atoms with Crippen LogP contribution in [0.1, 0.15) is 26.3 Å². The minimum absolute atomic E-state index is 0.0859. The summed E-state index contributed by atoms with van der Waals surface area (Å²) in [5.74, 6) is 0. The van der Waals surface area contributed by atoms with Gasteiger partial charge in [0.15, 0.2) is 5.69 Å². The summed E-state index contributed by atoms with van der Waals surface area (Å²) in [6, 6.07) is 7.68. The van der Waals surface area contributed by atoms with Crippen molar-refractivity contribution < 1.29 is 4.74 Å². The van der Waals surface area contributed by atoms with Crippen LogP contribution in [-0.4, -0.2) is 12.2 Å². The normalized spacial score (nSPS) is 11.1. The Kier molecular flexibility index (Phi) is 3.88. The van der Waals surface area contributed by atoms with Gasteiger partial charge in [-0.15, -0.1) is 0 Å². The molecule has 0 N–H and O–H groups in total. The zero-order chi connectivity index (χ0) is 11.3. The van der Waals surface area contributed by atoms with Crippen LogP contribution >= 0.6 is 0 Å². The van der Waals surface area contributed by atoms with Gasteiger partial charge in [-0.25, -0.2) is 4.85 Å². The topological polar surface area (TPSA) is 13.6 Å². The Bertz CT molecular complexity index is 358. The van der Waals surface area contributed by atoms with Gasteiger partial charge in [0.2, 0.25) is 0 Å². The maximum absolute atomic E-state index is 6.91. The van der Waals surface area contributed by atoms with Gasteiger partial charge in [0, 0.05) is 0 Å². The predicted octanol–water partition coefficient (Wildman–Crippen LogP) is 3.59. The van der Waals surface area contributed by atoms with Gasteiger partial charge in [0.1, 0.15) is 0 Å². The third-order valence-corrected chi connectivity index (χ3v) is 1.97. The fourth-order valence-electron chi connectivity index (χ4n) is 1.26. The SMILES string of the molecule is [C-]#[N+]c1cccc(CCOC(C)(C)C)c1. The summed E-state index contributed by atoms with van der Waals surface area (Å²) in [5.41, 5.74) is 1.77. The highest BCUT2D eigenvalue weighted by Gasteiger charge is 2.09. The van der Waals surface area contributed by atoms with E-state index >= 15 is 0 Å². The van der Waals surface area contributed by atoms with Gasteiger partial charge in [-0.3, -0.25) is 0 Å². The predicted molar refractivity (Wildman–Crippen MR) is 62.1 cm³/mol. The maximum atomic E-state index is 6.91. The van der Waals surface area contributed by atoms with Crippen LogP contribution in [-0.2, 0) is 11.2 Å². The zero-order valence-corrected chi connectivity index (χ0v) is 9.58. The molecule has 0 aromatic heterocycles. The monoisotopic (exact) mass is 203 g/mol. The molecule has 0 aliphatic carbocycles. The highest BCUT2D eigenvalue weighted by Crippen LogP contribution is 2.15. The molecule has 2 heteroatoms. The lowest BCUT2D eigenvalue weighted by atomic mass is 10.1. The Morgan fingerprint density at radius 3 is 2.67 bits per heavy atom. The highest BCUT2D eigenvalue weighted by molar-refractivity contribution is 5.46. The van der Waals surface area contributed by atoms with Crippen LogP contribution in [0, 0.1) is 6.57 Å². The summed E-state index contributed by atoms with van der Waals surface area (Å²) < 4.78 is 5.63. The second-order valence-electron chi connectivity index (χ2n) is 4.49. The average Bonchev–Trinajstić information content (AvgIpc) is 2.16. The van der Waals surface area contributed by atoms with Crippen LogP contribution in [0.2, 0.25) is 0 Å². The smallest absolute Gasteiger partial charge is 0.187 e. The lowest BCUT2D eigenvalue weighted by molar-refractivity contribution is -0.000970. The Morgan fingerprint density at radius 1 is 1.33 bits per heavy atom. The third-order valence-electron chi connectivity index (χ3n) is 1.97. The molecule has 1 rings (SSSR count). The van der Waals surface area contributed by atoms with E-state index in [9.17, 15) is 0 Å². The van der Waals surface area contributed by atoms with E-state index in [0.29, 0.717) is 12.3 Å². The highest BCUT2D eigenvalue weighted by atomic mass is 16.5. The summed E-state index contributed by atoms with van der Waals surface area (Å²) in [6.07, 6.45) is 0.862. The largest absolute Gasteiger partial charge is 0.376 e. The molecular formula is C13H17NO. The van der Waals surface area contributed by atoms with Crippen LogP contribution in [0.4, 0.5) is 5.69 Å². The lowest BCUT2D eigenvalue weighted by Crippen LogP contribution is -2.20. The minimum atomic E-state index is -0.0859. The van der Waals surface area contributed by atoms with Crippen LogP contribution in [0.5, 0.6) is 0 Å². The molecule has 0 aliphatic rings. The molecule has 15 heavy (non-hydrogen) atoms. The standard InChI is InChI=1S/C13H17NO/c1-13(2,3)15-9-8-11-6-5-7-12(10-11)14-4/h5-7,10H,8-9H2,1-3H3. The van der Waals surface area contributed by atoms with E-state index < -0.39 is 0 Å². The quantitative estimate of drug-likeness (QED) is 0.684. The van der Waals surface area contributed by atoms with E-state index in [0.717, 1.165) is 12.0 Å². The molecule has 0 unspecified atom stereocenters. The molecule has 0 saturated carbocycles. The van der Waals surface area contributed by atoms with Gasteiger partial charge < -0.3 is 4.74 Å². The Balaban J connectivity index is 2.48. The summed E-state index contributed by atoms with van der Waals surface area (Å²) in [7, 11) is 0. The lowest BCUT2D eigenvalue weighted by Gasteiger charge is -2.19. The molecule has 0 amide bonds. The zero-order valence-electron chi connectivity index (χ0n) is 9.58. The van der Waals surface area contributed by atoms with E-state index in [1.807, 2.05) is 45.0 Å². The number of hydrogen-bond acceptors (Lipinski definition) is 1. The molecule has 0 radical (unpaired) electrons. The Morgan fingerprint density at radius 2 is 2.07 bits per heavy atom. The van der Waals surface area contributed by atoms with Crippen LogP contribution in [0.25, 0.3) is 4.85 Å². The molecule has 0 bridgehead atoms. The van der Waals surface area contributed by atoms with Crippen molar-refractivity contribution >= 4 is 5.69 Å². The molecule has 0 atom stereocenters. The Hall–Kier alpha value is -1.33. The molecule has 0 saturated heterocycles. The molecule has 2 nitrogen and oxygen atoms in total. The van der Waals surface area contributed by atoms with Crippen molar-refractivity contribution in [2.75, 3.05) is 6.61 Å². The molecule has 0 aliphatic heterocycles. The van der Waals surface area contributed by atoms with Gasteiger partial charge in [0.05, 0.1) is 18.8 Å². The van der Waals surface area contributed by atoms with Crippen molar-refractivity contribution in [2.45, 2.75) is 32.8 Å².